The number of carboxylic acid groups (broad SMARTS) is 1. The number of phenols is 2. The molecule has 1 heterocycles. The number of nitrogens with zero attached hydrogens (tertiary/aromatic N) is 1. The van der Waals surface area contributed by atoms with Crippen molar-refractivity contribution >= 4 is 11.9 Å². The van der Waals surface area contributed by atoms with Gasteiger partial charge < -0.3 is 25.6 Å². The molecule has 1 aromatic carbocycles. The Kier molecular flexibility index (Phi) is 4.07. The average molecular weight is 291 g/mol. The van der Waals surface area contributed by atoms with Gasteiger partial charge in [-0.2, -0.15) is 0 Å². The monoisotopic (exact) mass is 291 g/mol. The second kappa shape index (κ2) is 5.95. The molecule has 2 rings (SSSR count). The number of hydrogen-bond acceptors (Lipinski definition) is 5. The number of aliphatic carboxylic acids is 1. The van der Waals surface area contributed by atoms with Gasteiger partial charge in [0.15, 0.2) is 0 Å². The summed E-state index contributed by atoms with van der Waals surface area (Å²) >= 11 is 0. The predicted molar refractivity (Wildman–Crippen MR) is 71.0 cm³/mol. The van der Waals surface area contributed by atoms with Gasteiger partial charge in [-0.3, -0.25) is 4.79 Å². The summed E-state index contributed by atoms with van der Waals surface area (Å²) in [7, 11) is 0. The third-order valence-corrected chi connectivity index (χ3v) is 2.75. The first-order chi connectivity index (χ1) is 9.95. The molecule has 2 aromatic rings. The molecule has 0 fully saturated rings. The Morgan fingerprint density at radius 3 is 2.43 bits per heavy atom. The standard InChI is InChI=1S/C13H13N3O5/c17-9-1-7(2-10(18)4-9)12(19)16-11(13(20)21)3-8-5-14-6-15-8/h1-2,4-6,11,17-18H,3H2,(H,14,15)(H,16,19)(H,20,21). The van der Waals surface area contributed by atoms with Crippen LogP contribution in [0, 0.1) is 0 Å². The molecule has 21 heavy (non-hydrogen) atoms. The molecule has 110 valence electrons. The molecule has 0 aliphatic heterocycles. The fourth-order valence-corrected chi connectivity index (χ4v) is 1.78. The van der Waals surface area contributed by atoms with Crippen LogP contribution in [0.4, 0.5) is 0 Å². The molecule has 0 spiro atoms. The lowest BCUT2D eigenvalue weighted by Gasteiger charge is -2.14. The Labute approximate surface area is 119 Å². The normalized spacial score (nSPS) is 11.8. The van der Waals surface area contributed by atoms with Gasteiger partial charge in [-0.1, -0.05) is 0 Å². The maximum Gasteiger partial charge on any atom is 0.326 e. The molecule has 0 aliphatic rings. The molecular formula is C13H13N3O5. The number of benzene rings is 1. The highest BCUT2D eigenvalue weighted by Crippen LogP contribution is 2.20. The number of aromatic amines is 1. The zero-order chi connectivity index (χ0) is 15.4. The number of hydrogen-bond donors (Lipinski definition) is 5. The lowest BCUT2D eigenvalue weighted by atomic mass is 10.1. The van der Waals surface area contributed by atoms with Gasteiger partial charge in [0.2, 0.25) is 0 Å². The molecule has 0 aliphatic carbocycles. The summed E-state index contributed by atoms with van der Waals surface area (Å²) in [5.41, 5.74) is 0.518. The summed E-state index contributed by atoms with van der Waals surface area (Å²) in [6.07, 6.45) is 2.90. The van der Waals surface area contributed by atoms with Gasteiger partial charge in [-0.25, -0.2) is 9.78 Å². The highest BCUT2D eigenvalue weighted by atomic mass is 16.4. The fraction of sp³-hybridized carbons (Fsp3) is 0.154. The van der Waals surface area contributed by atoms with E-state index in [1.807, 2.05) is 0 Å². The average Bonchev–Trinajstić information content (AvgIpc) is 2.89. The third-order valence-electron chi connectivity index (χ3n) is 2.75. The van der Waals surface area contributed by atoms with Crippen LogP contribution in [0.25, 0.3) is 0 Å². The number of carbonyl (C=O) groups excluding carboxylic acids is 1. The maximum atomic E-state index is 12.0. The molecule has 1 atom stereocenters. The van der Waals surface area contributed by atoms with Gasteiger partial charge in [-0.05, 0) is 12.1 Å². The van der Waals surface area contributed by atoms with Crippen LogP contribution in [-0.2, 0) is 11.2 Å². The van der Waals surface area contributed by atoms with E-state index in [1.54, 1.807) is 0 Å². The topological polar surface area (TPSA) is 136 Å². The van der Waals surface area contributed by atoms with Crippen LogP contribution in [0.1, 0.15) is 16.1 Å². The predicted octanol–water partition coefficient (Wildman–Crippen LogP) is 0.247. The quantitative estimate of drug-likeness (QED) is 0.535. The molecule has 0 saturated heterocycles. The Hall–Kier alpha value is -3.03. The van der Waals surface area contributed by atoms with E-state index < -0.39 is 17.9 Å². The number of aromatic nitrogens is 2. The van der Waals surface area contributed by atoms with Crippen LogP contribution >= 0.6 is 0 Å². The minimum atomic E-state index is -1.21. The van der Waals surface area contributed by atoms with E-state index in [1.165, 1.54) is 12.5 Å². The van der Waals surface area contributed by atoms with Gasteiger partial charge in [0.1, 0.15) is 17.5 Å². The maximum absolute atomic E-state index is 12.0. The summed E-state index contributed by atoms with van der Waals surface area (Å²) in [5, 5.41) is 30.1. The van der Waals surface area contributed by atoms with E-state index in [9.17, 15) is 19.8 Å². The molecule has 8 nitrogen and oxygen atoms in total. The molecule has 1 unspecified atom stereocenters. The van der Waals surface area contributed by atoms with Crippen LogP contribution in [0.3, 0.4) is 0 Å². The minimum Gasteiger partial charge on any atom is -0.508 e. The molecular weight excluding hydrogens is 278 g/mol. The summed E-state index contributed by atoms with van der Waals surface area (Å²) in [6.45, 7) is 0. The first kappa shape index (κ1) is 14.4. The van der Waals surface area contributed by atoms with Crippen molar-refractivity contribution in [3.05, 3.63) is 42.0 Å². The minimum absolute atomic E-state index is 0.0336. The second-order valence-corrected chi connectivity index (χ2v) is 4.38. The van der Waals surface area contributed by atoms with Gasteiger partial charge in [0, 0.05) is 29.9 Å². The summed E-state index contributed by atoms with van der Waals surface area (Å²) in [6, 6.07) is 2.16. The molecule has 1 amide bonds. The third kappa shape index (κ3) is 3.72. The van der Waals surface area contributed by atoms with E-state index in [0.717, 1.165) is 18.2 Å². The smallest absolute Gasteiger partial charge is 0.326 e. The fourth-order valence-electron chi connectivity index (χ4n) is 1.78. The van der Waals surface area contributed by atoms with Crippen LogP contribution in [0.2, 0.25) is 0 Å². The summed E-state index contributed by atoms with van der Waals surface area (Å²) in [5.74, 6) is -2.50. The number of amides is 1. The van der Waals surface area contributed by atoms with Crippen LogP contribution in [0.5, 0.6) is 11.5 Å². The van der Waals surface area contributed by atoms with Crippen molar-refractivity contribution in [1.82, 2.24) is 15.3 Å². The van der Waals surface area contributed by atoms with Gasteiger partial charge in [-0.15, -0.1) is 0 Å². The molecule has 0 saturated carbocycles. The van der Waals surface area contributed by atoms with Crippen molar-refractivity contribution in [2.24, 2.45) is 0 Å². The number of carboxylic acids is 1. The second-order valence-electron chi connectivity index (χ2n) is 4.38. The first-order valence-electron chi connectivity index (χ1n) is 5.99. The Balaban J connectivity index is 2.12. The number of carbonyl (C=O) groups is 2. The van der Waals surface area contributed by atoms with Gasteiger partial charge >= 0.3 is 5.97 Å². The van der Waals surface area contributed by atoms with Crippen LogP contribution in [0.15, 0.2) is 30.7 Å². The van der Waals surface area contributed by atoms with Crippen molar-refractivity contribution in [1.29, 1.82) is 0 Å². The number of H-pyrrole nitrogens is 1. The number of imidazole rings is 1. The number of nitrogens with one attached hydrogen (secondary N) is 2. The number of phenolic OH excluding ortho intramolecular Hbond substituents is 2. The van der Waals surface area contributed by atoms with Crippen LogP contribution < -0.4 is 5.32 Å². The van der Waals surface area contributed by atoms with Crippen molar-refractivity contribution in [3.63, 3.8) is 0 Å². The zero-order valence-electron chi connectivity index (χ0n) is 10.8. The summed E-state index contributed by atoms with van der Waals surface area (Å²) in [4.78, 5) is 29.7. The van der Waals surface area contributed by atoms with Crippen LogP contribution in [-0.4, -0.2) is 43.2 Å². The molecule has 0 bridgehead atoms. The molecule has 1 aromatic heterocycles. The zero-order valence-corrected chi connectivity index (χ0v) is 10.8. The van der Waals surface area contributed by atoms with Gasteiger partial charge in [0.25, 0.3) is 5.91 Å². The number of aromatic hydroxyl groups is 2. The van der Waals surface area contributed by atoms with E-state index in [2.05, 4.69) is 15.3 Å². The van der Waals surface area contributed by atoms with Gasteiger partial charge in [0.05, 0.1) is 6.33 Å². The Morgan fingerprint density at radius 1 is 1.24 bits per heavy atom. The Bertz CT molecular complexity index is 634. The lowest BCUT2D eigenvalue weighted by molar-refractivity contribution is -0.139. The highest BCUT2D eigenvalue weighted by Gasteiger charge is 2.22. The first-order valence-corrected chi connectivity index (χ1v) is 5.99. The lowest BCUT2D eigenvalue weighted by Crippen LogP contribution is -2.42. The summed E-state index contributed by atoms with van der Waals surface area (Å²) < 4.78 is 0. The van der Waals surface area contributed by atoms with E-state index in [0.29, 0.717) is 5.69 Å². The van der Waals surface area contributed by atoms with Crippen molar-refractivity contribution in [2.45, 2.75) is 12.5 Å². The molecule has 8 heteroatoms. The Morgan fingerprint density at radius 2 is 1.90 bits per heavy atom. The SMILES string of the molecule is O=C(NC(Cc1cnc[nH]1)C(=O)O)c1cc(O)cc(O)c1. The largest absolute Gasteiger partial charge is 0.508 e. The van der Waals surface area contributed by atoms with Crippen molar-refractivity contribution < 1.29 is 24.9 Å². The van der Waals surface area contributed by atoms with Crippen molar-refractivity contribution in [2.75, 3.05) is 0 Å². The highest BCUT2D eigenvalue weighted by molar-refractivity contribution is 5.97. The van der Waals surface area contributed by atoms with E-state index in [-0.39, 0.29) is 23.5 Å². The van der Waals surface area contributed by atoms with E-state index >= 15 is 0 Å². The van der Waals surface area contributed by atoms with Crippen molar-refractivity contribution in [3.8, 4) is 11.5 Å². The molecule has 5 N–H and O–H groups in total. The van der Waals surface area contributed by atoms with E-state index in [4.69, 9.17) is 5.11 Å². The number of rotatable bonds is 5. The molecule has 0 radical (unpaired) electrons.